The maximum absolute atomic E-state index is 13.0. The Balaban J connectivity index is 1.22. The lowest BCUT2D eigenvalue weighted by Crippen LogP contribution is -2.40. The number of benzene rings is 2. The van der Waals surface area contributed by atoms with Crippen molar-refractivity contribution in [2.75, 3.05) is 25.6 Å². The topological polar surface area (TPSA) is 77.7 Å². The molecule has 0 saturated carbocycles. The summed E-state index contributed by atoms with van der Waals surface area (Å²) in [5.74, 6) is 2.39. The van der Waals surface area contributed by atoms with Crippen LogP contribution in [0.25, 0.3) is 11.5 Å². The first-order valence-corrected chi connectivity index (χ1v) is 11.0. The second-order valence-corrected chi connectivity index (χ2v) is 8.48. The Hall–Kier alpha value is -3.07. The molecule has 160 valence electrons. The van der Waals surface area contributed by atoms with Crippen LogP contribution in [0.5, 0.6) is 11.5 Å². The molecule has 2 aromatic carbocycles. The van der Waals surface area contributed by atoms with Crippen LogP contribution in [0, 0.1) is 5.82 Å². The molecule has 0 spiro atoms. The summed E-state index contributed by atoms with van der Waals surface area (Å²) in [4.78, 5) is 15.4. The Morgan fingerprint density at radius 1 is 1.13 bits per heavy atom. The van der Waals surface area contributed by atoms with Gasteiger partial charge in [0.15, 0.2) is 11.5 Å². The van der Waals surface area contributed by atoms with E-state index in [1.54, 1.807) is 12.1 Å². The number of hydrogen-bond donors (Lipinski definition) is 0. The van der Waals surface area contributed by atoms with Gasteiger partial charge in [0.1, 0.15) is 5.82 Å². The molecule has 9 heteroatoms. The van der Waals surface area contributed by atoms with Gasteiger partial charge in [-0.2, -0.15) is 0 Å². The maximum atomic E-state index is 13.0. The number of thioether (sulfide) groups is 1. The summed E-state index contributed by atoms with van der Waals surface area (Å²) in [6.45, 7) is 1.47. The molecule has 7 nitrogen and oxygen atoms in total. The highest BCUT2D eigenvalue weighted by molar-refractivity contribution is 8.00. The number of ether oxygens (including phenoxy) is 2. The Labute approximate surface area is 182 Å². The van der Waals surface area contributed by atoms with E-state index in [1.807, 2.05) is 23.1 Å². The summed E-state index contributed by atoms with van der Waals surface area (Å²) < 4.78 is 29.7. The van der Waals surface area contributed by atoms with Crippen LogP contribution in [-0.4, -0.2) is 46.6 Å². The number of piperidine rings is 1. The highest BCUT2D eigenvalue weighted by atomic mass is 32.2. The number of aromatic nitrogens is 2. The minimum absolute atomic E-state index is 0.00350. The molecule has 31 heavy (non-hydrogen) atoms. The van der Waals surface area contributed by atoms with Crippen LogP contribution in [-0.2, 0) is 4.79 Å². The predicted molar refractivity (Wildman–Crippen MR) is 112 cm³/mol. The first-order chi connectivity index (χ1) is 15.2. The van der Waals surface area contributed by atoms with Crippen LogP contribution in [0.15, 0.2) is 51.8 Å². The highest BCUT2D eigenvalue weighted by Gasteiger charge is 2.29. The molecule has 0 bridgehead atoms. The van der Waals surface area contributed by atoms with Crippen molar-refractivity contribution in [3.8, 4) is 23.0 Å². The van der Waals surface area contributed by atoms with Crippen LogP contribution in [0.1, 0.15) is 24.7 Å². The van der Waals surface area contributed by atoms with Crippen molar-refractivity contribution in [3.05, 3.63) is 54.2 Å². The lowest BCUT2D eigenvalue weighted by molar-refractivity contribution is -0.129. The second kappa shape index (κ2) is 8.58. The van der Waals surface area contributed by atoms with E-state index in [9.17, 15) is 9.18 Å². The summed E-state index contributed by atoms with van der Waals surface area (Å²) in [7, 11) is 0. The summed E-state index contributed by atoms with van der Waals surface area (Å²) in [6.07, 6.45) is 1.76. The normalized spacial score (nSPS) is 17.7. The van der Waals surface area contributed by atoms with Crippen molar-refractivity contribution in [1.29, 1.82) is 0 Å². The summed E-state index contributed by atoms with van der Waals surface area (Å²) in [5.41, 5.74) is 0.766. The fourth-order valence-electron chi connectivity index (χ4n) is 3.72. The minimum atomic E-state index is -0.283. The number of rotatable bonds is 5. The Bertz CT molecular complexity index is 1090. The molecule has 0 radical (unpaired) electrons. The number of hydrogen-bond acceptors (Lipinski definition) is 7. The van der Waals surface area contributed by atoms with Gasteiger partial charge in [-0.25, -0.2) is 4.39 Å². The zero-order chi connectivity index (χ0) is 21.2. The second-order valence-electron chi connectivity index (χ2n) is 7.43. The fraction of sp³-hybridized carbons (Fsp3) is 0.318. The monoisotopic (exact) mass is 441 g/mol. The largest absolute Gasteiger partial charge is 0.454 e. The lowest BCUT2D eigenvalue weighted by Gasteiger charge is -2.31. The van der Waals surface area contributed by atoms with Crippen molar-refractivity contribution in [1.82, 2.24) is 15.1 Å². The van der Waals surface area contributed by atoms with Gasteiger partial charge in [-0.15, -0.1) is 22.0 Å². The van der Waals surface area contributed by atoms with E-state index in [0.29, 0.717) is 42.1 Å². The quantitative estimate of drug-likeness (QED) is 0.552. The number of carbonyl (C=O) groups excluding carboxylic acids is 1. The van der Waals surface area contributed by atoms with Gasteiger partial charge in [-0.3, -0.25) is 4.79 Å². The fourth-order valence-corrected chi connectivity index (χ4v) is 4.52. The van der Waals surface area contributed by atoms with E-state index in [2.05, 4.69) is 10.2 Å². The Morgan fingerprint density at radius 3 is 2.84 bits per heavy atom. The molecule has 0 aliphatic carbocycles. The molecule has 2 aliphatic rings. The third-order valence-electron chi connectivity index (χ3n) is 5.36. The maximum Gasteiger partial charge on any atom is 0.247 e. The van der Waals surface area contributed by atoms with Crippen LogP contribution in [0.3, 0.4) is 0 Å². The molecule has 1 saturated heterocycles. The lowest BCUT2D eigenvalue weighted by atomic mass is 9.98. The van der Waals surface area contributed by atoms with E-state index in [4.69, 9.17) is 13.9 Å². The number of fused-ring (bicyclic) bond motifs is 1. The molecule has 1 atom stereocenters. The van der Waals surface area contributed by atoms with Crippen LogP contribution < -0.4 is 9.47 Å². The first-order valence-electron chi connectivity index (χ1n) is 10.1. The summed E-state index contributed by atoms with van der Waals surface area (Å²) in [6, 6.07) is 11.7. The SMILES string of the molecule is O=C(CSc1ccc(F)cc1)N1CCCC(c2nnc(-c3ccc4c(c3)OCO4)o2)C1. The van der Waals surface area contributed by atoms with Gasteiger partial charge in [0.05, 0.1) is 11.7 Å². The number of amides is 1. The van der Waals surface area contributed by atoms with Crippen molar-refractivity contribution >= 4 is 17.7 Å². The smallest absolute Gasteiger partial charge is 0.247 e. The van der Waals surface area contributed by atoms with Crippen LogP contribution >= 0.6 is 11.8 Å². The van der Waals surface area contributed by atoms with E-state index in [0.717, 1.165) is 23.3 Å². The zero-order valence-electron chi connectivity index (χ0n) is 16.6. The summed E-state index contributed by atoms with van der Waals surface area (Å²) in [5, 5.41) is 8.43. The molecule has 5 rings (SSSR count). The highest BCUT2D eigenvalue weighted by Crippen LogP contribution is 2.36. The van der Waals surface area contributed by atoms with Gasteiger partial charge in [0, 0.05) is 23.5 Å². The van der Waals surface area contributed by atoms with Crippen LogP contribution in [0.2, 0.25) is 0 Å². The third-order valence-corrected chi connectivity index (χ3v) is 6.36. The van der Waals surface area contributed by atoms with Gasteiger partial charge < -0.3 is 18.8 Å². The van der Waals surface area contributed by atoms with Crippen molar-refractivity contribution < 1.29 is 23.1 Å². The minimum Gasteiger partial charge on any atom is -0.454 e. The zero-order valence-corrected chi connectivity index (χ0v) is 17.4. The number of halogens is 1. The summed E-state index contributed by atoms with van der Waals surface area (Å²) >= 11 is 1.41. The van der Waals surface area contributed by atoms with Crippen molar-refractivity contribution in [3.63, 3.8) is 0 Å². The molecule has 3 aromatic rings. The molecular formula is C22H20FN3O4S. The number of likely N-dealkylation sites (tertiary alicyclic amines) is 1. The molecule has 1 amide bonds. The molecule has 3 heterocycles. The molecular weight excluding hydrogens is 421 g/mol. The van der Waals surface area contributed by atoms with Crippen LogP contribution in [0.4, 0.5) is 4.39 Å². The van der Waals surface area contributed by atoms with Gasteiger partial charge in [-0.1, -0.05) is 0 Å². The van der Waals surface area contributed by atoms with Crippen molar-refractivity contribution in [2.24, 2.45) is 0 Å². The molecule has 1 unspecified atom stereocenters. The van der Waals surface area contributed by atoms with Gasteiger partial charge >= 0.3 is 0 Å². The van der Waals surface area contributed by atoms with Gasteiger partial charge in [-0.05, 0) is 55.3 Å². The average Bonchev–Trinajstić information content (AvgIpc) is 3.48. The standard InChI is InChI=1S/C22H20FN3O4S/c23-16-4-6-17(7-5-16)31-12-20(27)26-9-1-2-15(11-26)22-25-24-21(30-22)14-3-8-18-19(10-14)29-13-28-18/h3-8,10,15H,1-2,9,11-13H2. The van der Waals surface area contributed by atoms with Gasteiger partial charge in [0.2, 0.25) is 24.5 Å². The predicted octanol–water partition coefficient (Wildman–Crippen LogP) is 4.10. The first kappa shape index (κ1) is 19.9. The molecule has 1 aromatic heterocycles. The third kappa shape index (κ3) is 4.36. The average molecular weight is 441 g/mol. The van der Waals surface area contributed by atoms with E-state index >= 15 is 0 Å². The van der Waals surface area contributed by atoms with E-state index < -0.39 is 0 Å². The van der Waals surface area contributed by atoms with E-state index in [-0.39, 0.29) is 24.4 Å². The molecule has 1 fully saturated rings. The van der Waals surface area contributed by atoms with Gasteiger partial charge in [0.25, 0.3) is 0 Å². The molecule has 0 N–H and O–H groups in total. The number of carbonyl (C=O) groups is 1. The Morgan fingerprint density at radius 2 is 1.97 bits per heavy atom. The Kier molecular flexibility index (Phi) is 5.50. The molecule has 2 aliphatic heterocycles. The van der Waals surface area contributed by atoms with E-state index in [1.165, 1.54) is 23.9 Å². The van der Waals surface area contributed by atoms with Crippen molar-refractivity contribution in [2.45, 2.75) is 23.7 Å². The number of nitrogens with zero attached hydrogens (tertiary/aromatic N) is 3.